The number of aromatic nitrogens is 2. The summed E-state index contributed by atoms with van der Waals surface area (Å²) in [7, 11) is 0. The molecule has 1 fully saturated rings. The molecule has 2 rings (SSSR count). The normalized spacial score (nSPS) is 21.4. The fraction of sp³-hybridized carbons (Fsp3) is 0.769. The summed E-state index contributed by atoms with van der Waals surface area (Å²) < 4.78 is 5.21. The maximum atomic E-state index is 11.0. The van der Waals surface area contributed by atoms with Crippen LogP contribution in [0.1, 0.15) is 44.8 Å². The van der Waals surface area contributed by atoms with Gasteiger partial charge in [-0.1, -0.05) is 25.4 Å². The zero-order valence-corrected chi connectivity index (χ0v) is 11.1. The third-order valence-electron chi connectivity index (χ3n) is 3.26. The number of likely N-dealkylation sites (tertiary alicyclic amines) is 1. The van der Waals surface area contributed by atoms with Gasteiger partial charge in [-0.2, -0.15) is 4.98 Å². The van der Waals surface area contributed by atoms with E-state index in [4.69, 9.17) is 4.52 Å². The molecule has 1 aliphatic rings. The Morgan fingerprint density at radius 3 is 3.06 bits per heavy atom. The van der Waals surface area contributed by atoms with Gasteiger partial charge in [-0.25, -0.2) is 0 Å². The number of hydrogen-bond acceptors (Lipinski definition) is 5. The van der Waals surface area contributed by atoms with Crippen molar-refractivity contribution >= 4 is 6.29 Å². The van der Waals surface area contributed by atoms with E-state index in [2.05, 4.69) is 28.9 Å². The van der Waals surface area contributed by atoms with Crippen LogP contribution in [0, 0.1) is 5.92 Å². The molecule has 0 radical (unpaired) electrons. The highest BCUT2D eigenvalue weighted by Crippen LogP contribution is 2.17. The topological polar surface area (TPSA) is 59.2 Å². The molecule has 2 heterocycles. The molecule has 0 spiro atoms. The first-order valence-corrected chi connectivity index (χ1v) is 6.70. The van der Waals surface area contributed by atoms with Gasteiger partial charge < -0.3 is 9.32 Å². The van der Waals surface area contributed by atoms with Crippen LogP contribution in [-0.4, -0.2) is 33.9 Å². The average molecular weight is 251 g/mol. The lowest BCUT2D eigenvalue weighted by Crippen LogP contribution is -2.40. The van der Waals surface area contributed by atoms with Crippen molar-refractivity contribution in [3.63, 3.8) is 0 Å². The Hall–Kier alpha value is -1.23. The zero-order chi connectivity index (χ0) is 13.0. The lowest BCUT2D eigenvalue weighted by molar-refractivity contribution is -0.113. The molecule has 1 saturated heterocycles. The number of hydrogen-bond donors (Lipinski definition) is 0. The summed E-state index contributed by atoms with van der Waals surface area (Å²) in [6, 6.07) is 0.0193. The molecule has 0 aromatic carbocycles. The van der Waals surface area contributed by atoms with Crippen molar-refractivity contribution in [2.75, 3.05) is 6.54 Å². The smallest absolute Gasteiger partial charge is 0.226 e. The van der Waals surface area contributed by atoms with Gasteiger partial charge in [0.15, 0.2) is 5.82 Å². The third-order valence-corrected chi connectivity index (χ3v) is 3.26. The van der Waals surface area contributed by atoms with E-state index in [1.54, 1.807) is 0 Å². The van der Waals surface area contributed by atoms with Crippen LogP contribution < -0.4 is 0 Å². The van der Waals surface area contributed by atoms with Crippen molar-refractivity contribution in [3.8, 4) is 0 Å². The van der Waals surface area contributed by atoms with Gasteiger partial charge in [-0.15, -0.1) is 0 Å². The van der Waals surface area contributed by atoms with E-state index in [1.807, 2.05) is 0 Å². The molecule has 1 unspecified atom stereocenters. The monoisotopic (exact) mass is 251 g/mol. The van der Waals surface area contributed by atoms with E-state index in [1.165, 1.54) is 0 Å². The largest absolute Gasteiger partial charge is 0.339 e. The molecule has 1 aromatic heterocycles. The van der Waals surface area contributed by atoms with Gasteiger partial charge in [0, 0.05) is 6.42 Å². The van der Waals surface area contributed by atoms with E-state index in [-0.39, 0.29) is 6.04 Å². The minimum atomic E-state index is 0.0193. The Kier molecular flexibility index (Phi) is 4.47. The molecule has 0 aliphatic carbocycles. The molecule has 100 valence electrons. The maximum Gasteiger partial charge on any atom is 0.226 e. The van der Waals surface area contributed by atoms with Gasteiger partial charge in [0.1, 0.15) is 6.29 Å². The highest BCUT2D eigenvalue weighted by atomic mass is 16.5. The van der Waals surface area contributed by atoms with Gasteiger partial charge in [0.2, 0.25) is 5.89 Å². The van der Waals surface area contributed by atoms with Crippen LogP contribution in [0.25, 0.3) is 0 Å². The van der Waals surface area contributed by atoms with E-state index < -0.39 is 0 Å². The van der Waals surface area contributed by atoms with E-state index in [0.717, 1.165) is 38.5 Å². The number of aldehydes is 1. The minimum Gasteiger partial charge on any atom is -0.339 e. The molecular weight excluding hydrogens is 230 g/mol. The first kappa shape index (κ1) is 13.2. The highest BCUT2D eigenvalue weighted by molar-refractivity contribution is 5.57. The molecule has 5 heteroatoms. The Bertz CT molecular complexity index is 389. The molecule has 5 nitrogen and oxygen atoms in total. The second kappa shape index (κ2) is 6.09. The predicted octanol–water partition coefficient (Wildman–Crippen LogP) is 1.82. The summed E-state index contributed by atoms with van der Waals surface area (Å²) in [5, 5.41) is 3.99. The van der Waals surface area contributed by atoms with E-state index >= 15 is 0 Å². The van der Waals surface area contributed by atoms with Crippen LogP contribution in [-0.2, 0) is 17.8 Å². The maximum absolute atomic E-state index is 11.0. The first-order valence-electron chi connectivity index (χ1n) is 6.70. The van der Waals surface area contributed by atoms with Crippen LogP contribution in [0.2, 0.25) is 0 Å². The van der Waals surface area contributed by atoms with Crippen molar-refractivity contribution in [2.45, 2.75) is 52.1 Å². The van der Waals surface area contributed by atoms with Crippen molar-refractivity contribution < 1.29 is 9.32 Å². The summed E-state index contributed by atoms with van der Waals surface area (Å²) >= 11 is 0. The van der Waals surface area contributed by atoms with Gasteiger partial charge in [-0.05, 0) is 25.3 Å². The third kappa shape index (κ3) is 3.38. The van der Waals surface area contributed by atoms with Crippen LogP contribution in [0.4, 0.5) is 0 Å². The zero-order valence-electron chi connectivity index (χ0n) is 11.1. The first-order chi connectivity index (χ1) is 8.69. The van der Waals surface area contributed by atoms with Gasteiger partial charge >= 0.3 is 0 Å². The minimum absolute atomic E-state index is 0.0193. The van der Waals surface area contributed by atoms with Gasteiger partial charge in [0.05, 0.1) is 12.6 Å². The van der Waals surface area contributed by atoms with Crippen molar-refractivity contribution in [1.82, 2.24) is 15.0 Å². The fourth-order valence-electron chi connectivity index (χ4n) is 2.34. The Morgan fingerprint density at radius 2 is 2.33 bits per heavy atom. The quantitative estimate of drug-likeness (QED) is 0.747. The summed E-state index contributed by atoms with van der Waals surface area (Å²) in [5.74, 6) is 1.90. The SMILES string of the molecule is CC(C)Cc1nc(CN2CCCCC2C=O)no1. The van der Waals surface area contributed by atoms with Crippen LogP contribution in [0.15, 0.2) is 4.52 Å². The standard InChI is InChI=1S/C13H21N3O2/c1-10(2)7-13-14-12(15-18-13)8-16-6-4-3-5-11(16)9-17/h9-11H,3-8H2,1-2H3. The second-order valence-corrected chi connectivity index (χ2v) is 5.37. The number of piperidine rings is 1. The highest BCUT2D eigenvalue weighted by Gasteiger charge is 2.23. The molecule has 1 aromatic rings. The number of carbonyl (C=O) groups excluding carboxylic acids is 1. The van der Waals surface area contributed by atoms with Crippen LogP contribution in [0.3, 0.4) is 0 Å². The summed E-state index contributed by atoms with van der Waals surface area (Å²) in [4.78, 5) is 17.5. The average Bonchev–Trinajstić information content (AvgIpc) is 2.76. The van der Waals surface area contributed by atoms with Crippen molar-refractivity contribution in [2.24, 2.45) is 5.92 Å². The Balaban J connectivity index is 1.95. The molecule has 1 atom stereocenters. The van der Waals surface area contributed by atoms with Crippen molar-refractivity contribution in [1.29, 1.82) is 0 Å². The molecule has 0 bridgehead atoms. The molecule has 0 amide bonds. The van der Waals surface area contributed by atoms with Gasteiger partial charge in [0.25, 0.3) is 0 Å². The van der Waals surface area contributed by atoms with Gasteiger partial charge in [-0.3, -0.25) is 4.90 Å². The summed E-state index contributed by atoms with van der Waals surface area (Å²) in [6.45, 7) is 5.80. The van der Waals surface area contributed by atoms with E-state index in [0.29, 0.717) is 24.2 Å². The second-order valence-electron chi connectivity index (χ2n) is 5.37. The van der Waals surface area contributed by atoms with E-state index in [9.17, 15) is 4.79 Å². The molecule has 1 aliphatic heterocycles. The lowest BCUT2D eigenvalue weighted by atomic mass is 10.0. The fourth-order valence-corrected chi connectivity index (χ4v) is 2.34. The predicted molar refractivity (Wildman–Crippen MR) is 67.0 cm³/mol. The molecule has 0 N–H and O–H groups in total. The van der Waals surface area contributed by atoms with Crippen LogP contribution in [0.5, 0.6) is 0 Å². The van der Waals surface area contributed by atoms with Crippen LogP contribution >= 0.6 is 0 Å². The summed E-state index contributed by atoms with van der Waals surface area (Å²) in [6.07, 6.45) is 5.06. The molecule has 18 heavy (non-hydrogen) atoms. The Morgan fingerprint density at radius 1 is 1.50 bits per heavy atom. The number of nitrogens with zero attached hydrogens (tertiary/aromatic N) is 3. The Labute approximate surface area is 108 Å². The molecular formula is C13H21N3O2. The number of carbonyl (C=O) groups is 1. The number of rotatable bonds is 5. The lowest BCUT2D eigenvalue weighted by Gasteiger charge is -2.30. The summed E-state index contributed by atoms with van der Waals surface area (Å²) in [5.41, 5.74) is 0. The molecule has 0 saturated carbocycles. The van der Waals surface area contributed by atoms with Crippen molar-refractivity contribution in [3.05, 3.63) is 11.7 Å².